The van der Waals surface area contributed by atoms with E-state index < -0.39 is 39.8 Å². The molecule has 2 atom stereocenters. The van der Waals surface area contributed by atoms with Crippen LogP contribution in [0.3, 0.4) is 0 Å². The van der Waals surface area contributed by atoms with Crippen LogP contribution in [0.2, 0.25) is 0 Å². The molecule has 9 nitrogen and oxygen atoms in total. The van der Waals surface area contributed by atoms with Crippen molar-refractivity contribution in [1.29, 1.82) is 0 Å². The van der Waals surface area contributed by atoms with Crippen LogP contribution in [0.15, 0.2) is 30.3 Å². The number of sulfone groups is 1. The molecular weight excluding hydrogens is 384 g/mol. The molecule has 0 aliphatic carbocycles. The van der Waals surface area contributed by atoms with Crippen molar-refractivity contribution in [3.05, 3.63) is 30.3 Å². The largest absolute Gasteiger partial charge is 0.351 e. The van der Waals surface area contributed by atoms with Crippen LogP contribution in [0.1, 0.15) is 20.3 Å². The fraction of sp³-hybridized carbons (Fsp3) is 0.500. The SMILES string of the molecule is CCN(CC(=O)NC1CCS(=O)(=O)C1)C(=O)C(C)NC(=O)Nc1ccccc1. The Morgan fingerprint density at radius 2 is 1.89 bits per heavy atom. The molecule has 1 fully saturated rings. The van der Waals surface area contributed by atoms with E-state index in [1.165, 1.54) is 11.8 Å². The number of urea groups is 1. The van der Waals surface area contributed by atoms with Crippen molar-refractivity contribution in [3.63, 3.8) is 0 Å². The van der Waals surface area contributed by atoms with Crippen molar-refractivity contribution >= 4 is 33.4 Å². The molecule has 1 aromatic carbocycles. The molecule has 154 valence electrons. The lowest BCUT2D eigenvalue weighted by molar-refractivity contribution is -0.137. The quantitative estimate of drug-likeness (QED) is 0.598. The van der Waals surface area contributed by atoms with Gasteiger partial charge in [0.1, 0.15) is 6.04 Å². The maximum atomic E-state index is 12.5. The Hall–Kier alpha value is -2.62. The first kappa shape index (κ1) is 21.7. The number of likely N-dealkylation sites (N-methyl/N-ethyl adjacent to an activating group) is 1. The van der Waals surface area contributed by atoms with Crippen LogP contribution in [0.4, 0.5) is 10.5 Å². The van der Waals surface area contributed by atoms with E-state index in [9.17, 15) is 22.8 Å². The van der Waals surface area contributed by atoms with Gasteiger partial charge in [0.25, 0.3) is 0 Å². The molecular formula is C18H26N4O5S. The summed E-state index contributed by atoms with van der Waals surface area (Å²) < 4.78 is 22.9. The molecule has 1 aliphatic heterocycles. The van der Waals surface area contributed by atoms with Crippen molar-refractivity contribution in [2.75, 3.05) is 29.9 Å². The average Bonchev–Trinajstić information content (AvgIpc) is 2.98. The van der Waals surface area contributed by atoms with Gasteiger partial charge in [0.15, 0.2) is 9.84 Å². The molecule has 0 saturated carbocycles. The van der Waals surface area contributed by atoms with E-state index in [1.807, 2.05) is 6.07 Å². The standard InChI is InChI=1S/C18H26N4O5S/c1-3-22(11-16(23)20-15-9-10-28(26,27)12-15)17(24)13(2)19-18(25)21-14-7-5-4-6-8-14/h4-8,13,15H,3,9-12H2,1-2H3,(H,20,23)(H2,19,21,25). The van der Waals surface area contributed by atoms with E-state index in [4.69, 9.17) is 0 Å². The first-order chi connectivity index (χ1) is 13.2. The van der Waals surface area contributed by atoms with Gasteiger partial charge in [0, 0.05) is 18.3 Å². The van der Waals surface area contributed by atoms with Crippen LogP contribution in [0.5, 0.6) is 0 Å². The Bertz CT molecular complexity index is 813. The highest BCUT2D eigenvalue weighted by Crippen LogP contribution is 2.11. The van der Waals surface area contributed by atoms with Gasteiger partial charge in [-0.25, -0.2) is 13.2 Å². The lowest BCUT2D eigenvalue weighted by atomic mass is 10.2. The summed E-state index contributed by atoms with van der Waals surface area (Å²) in [6.45, 7) is 3.35. The van der Waals surface area contributed by atoms with E-state index in [0.29, 0.717) is 12.1 Å². The summed E-state index contributed by atoms with van der Waals surface area (Å²) in [5.74, 6) is -0.833. The summed E-state index contributed by atoms with van der Waals surface area (Å²) in [4.78, 5) is 38.0. The van der Waals surface area contributed by atoms with Gasteiger partial charge in [-0.05, 0) is 32.4 Å². The maximum absolute atomic E-state index is 12.5. The average molecular weight is 410 g/mol. The monoisotopic (exact) mass is 410 g/mol. The lowest BCUT2D eigenvalue weighted by Gasteiger charge is -2.25. The molecule has 2 unspecified atom stereocenters. The summed E-state index contributed by atoms with van der Waals surface area (Å²) in [7, 11) is -3.09. The second kappa shape index (κ2) is 9.54. The van der Waals surface area contributed by atoms with Crippen molar-refractivity contribution < 1.29 is 22.8 Å². The predicted molar refractivity (Wildman–Crippen MR) is 106 cm³/mol. The van der Waals surface area contributed by atoms with Crippen molar-refractivity contribution in [2.45, 2.75) is 32.4 Å². The molecule has 1 saturated heterocycles. The van der Waals surface area contributed by atoms with Gasteiger partial charge in [-0.1, -0.05) is 18.2 Å². The molecule has 0 spiro atoms. The number of anilines is 1. The molecule has 0 aromatic heterocycles. The number of hydrogen-bond donors (Lipinski definition) is 3. The Balaban J connectivity index is 1.83. The molecule has 10 heteroatoms. The molecule has 28 heavy (non-hydrogen) atoms. The van der Waals surface area contributed by atoms with Crippen LogP contribution in [0.25, 0.3) is 0 Å². The molecule has 3 N–H and O–H groups in total. The van der Waals surface area contributed by atoms with Crippen molar-refractivity contribution in [1.82, 2.24) is 15.5 Å². The normalized spacial score (nSPS) is 18.7. The van der Waals surface area contributed by atoms with E-state index in [-0.39, 0.29) is 24.6 Å². The Labute approximate surface area is 164 Å². The zero-order valence-corrected chi connectivity index (χ0v) is 16.8. The minimum Gasteiger partial charge on any atom is -0.351 e. The highest BCUT2D eigenvalue weighted by Gasteiger charge is 2.30. The number of para-hydroxylation sites is 1. The smallest absolute Gasteiger partial charge is 0.319 e. The second-order valence-corrected chi connectivity index (χ2v) is 8.93. The van der Waals surface area contributed by atoms with E-state index in [2.05, 4.69) is 16.0 Å². The van der Waals surface area contributed by atoms with Crippen LogP contribution in [-0.4, -0.2) is 67.8 Å². The second-order valence-electron chi connectivity index (χ2n) is 6.71. The number of benzene rings is 1. The number of amides is 4. The number of nitrogens with one attached hydrogen (secondary N) is 3. The third kappa shape index (κ3) is 6.52. The fourth-order valence-electron chi connectivity index (χ4n) is 2.92. The maximum Gasteiger partial charge on any atom is 0.319 e. The summed E-state index contributed by atoms with van der Waals surface area (Å²) >= 11 is 0. The van der Waals surface area contributed by atoms with Gasteiger partial charge in [-0.2, -0.15) is 0 Å². The zero-order valence-electron chi connectivity index (χ0n) is 16.0. The predicted octanol–water partition coefficient (Wildman–Crippen LogP) is 0.348. The molecule has 0 bridgehead atoms. The number of rotatable bonds is 7. The zero-order chi connectivity index (χ0) is 20.7. The number of carbonyl (C=O) groups is 3. The minimum absolute atomic E-state index is 0.0614. The Morgan fingerprint density at radius 1 is 1.21 bits per heavy atom. The van der Waals surface area contributed by atoms with Crippen LogP contribution in [0, 0.1) is 0 Å². The van der Waals surface area contributed by atoms with Crippen LogP contribution < -0.4 is 16.0 Å². The van der Waals surface area contributed by atoms with Crippen LogP contribution >= 0.6 is 0 Å². The van der Waals surface area contributed by atoms with E-state index in [0.717, 1.165) is 0 Å². The molecule has 4 amide bonds. The summed E-state index contributed by atoms with van der Waals surface area (Å²) in [6, 6.07) is 7.04. The highest BCUT2D eigenvalue weighted by atomic mass is 32.2. The first-order valence-electron chi connectivity index (χ1n) is 9.11. The van der Waals surface area contributed by atoms with Crippen molar-refractivity contribution in [3.8, 4) is 0 Å². The summed E-state index contributed by atoms with van der Waals surface area (Å²) in [5, 5.41) is 7.83. The van der Waals surface area contributed by atoms with Gasteiger partial charge in [-0.3, -0.25) is 9.59 Å². The summed E-state index contributed by atoms with van der Waals surface area (Å²) in [5.41, 5.74) is 0.595. The minimum atomic E-state index is -3.09. The lowest BCUT2D eigenvalue weighted by Crippen LogP contribution is -2.51. The third-order valence-corrected chi connectivity index (χ3v) is 6.14. The van der Waals surface area contributed by atoms with Crippen molar-refractivity contribution in [2.24, 2.45) is 0 Å². The number of nitrogens with zero attached hydrogens (tertiary/aromatic N) is 1. The third-order valence-electron chi connectivity index (χ3n) is 4.38. The molecule has 2 rings (SSSR count). The molecule has 1 aliphatic rings. The Kier molecular flexibility index (Phi) is 7.38. The fourth-order valence-corrected chi connectivity index (χ4v) is 4.60. The van der Waals surface area contributed by atoms with E-state index >= 15 is 0 Å². The molecule has 0 radical (unpaired) electrons. The van der Waals surface area contributed by atoms with E-state index in [1.54, 1.807) is 31.2 Å². The van der Waals surface area contributed by atoms with Gasteiger partial charge < -0.3 is 20.9 Å². The number of hydrogen-bond acceptors (Lipinski definition) is 5. The summed E-state index contributed by atoms with van der Waals surface area (Å²) in [6.07, 6.45) is 0.381. The van der Waals surface area contributed by atoms with Gasteiger partial charge >= 0.3 is 6.03 Å². The van der Waals surface area contributed by atoms with Gasteiger partial charge in [0.2, 0.25) is 11.8 Å². The molecule has 1 heterocycles. The molecule has 1 aromatic rings. The highest BCUT2D eigenvalue weighted by molar-refractivity contribution is 7.91. The topological polar surface area (TPSA) is 125 Å². The van der Waals surface area contributed by atoms with Gasteiger partial charge in [0.05, 0.1) is 18.1 Å². The van der Waals surface area contributed by atoms with Crippen LogP contribution in [-0.2, 0) is 19.4 Å². The van der Waals surface area contributed by atoms with Gasteiger partial charge in [-0.15, -0.1) is 0 Å². The first-order valence-corrected chi connectivity index (χ1v) is 10.9. The Morgan fingerprint density at radius 3 is 2.46 bits per heavy atom. The number of carbonyl (C=O) groups excluding carboxylic acids is 3.